The van der Waals surface area contributed by atoms with Crippen LogP contribution in [-0.2, 0) is 0 Å². The second kappa shape index (κ2) is 13.0. The normalized spacial score (nSPS) is 12.1. The molecule has 10 aromatic carbocycles. The molecule has 0 saturated heterocycles. The van der Waals surface area contributed by atoms with Crippen LogP contribution in [0.1, 0.15) is 0 Å². The van der Waals surface area contributed by atoms with Gasteiger partial charge < -0.3 is 8.98 Å². The average Bonchev–Trinajstić information content (AvgIpc) is 4.02. The minimum absolute atomic E-state index is 0.796. The van der Waals surface area contributed by atoms with E-state index in [-0.39, 0.29) is 0 Å². The first kappa shape index (κ1) is 34.2. The van der Waals surface area contributed by atoms with Gasteiger partial charge in [-0.3, -0.25) is 4.57 Å². The molecule has 14 aromatic rings. The van der Waals surface area contributed by atoms with Crippen LogP contribution in [0.4, 0.5) is 0 Å². The summed E-state index contributed by atoms with van der Waals surface area (Å²) in [5.41, 5.74) is 13.0. The predicted octanol–water partition coefficient (Wildman–Crippen LogP) is 15.4. The van der Waals surface area contributed by atoms with E-state index in [0.717, 1.165) is 105 Å². The van der Waals surface area contributed by atoms with Crippen molar-refractivity contribution in [1.82, 2.24) is 19.1 Å². The standard InChI is InChI=1S/C58H34N4O/c1-3-17-35(18-4-1)37-27-15-28-42-43-29-16-32-50(57(43)63-56(37)42)61-46-30-13-11-25-44(46)51-48(61)33-34-49-52(51)45-26-12-14-31-47(45)62(49)58-53(36-19-5-2-6-20-36)59-54-40-23-9-7-21-38(40)39-22-8-10-24-41(39)55(54)60-58/h1-34H. The summed E-state index contributed by atoms with van der Waals surface area (Å²) in [6, 6.07) is 73.2. The van der Waals surface area contributed by atoms with Gasteiger partial charge in [-0.25, -0.2) is 9.97 Å². The lowest BCUT2D eigenvalue weighted by Crippen LogP contribution is -2.04. The number of benzene rings is 10. The third-order valence-electron chi connectivity index (χ3n) is 13.1. The number of furan rings is 1. The molecule has 4 heterocycles. The van der Waals surface area contributed by atoms with Crippen LogP contribution < -0.4 is 0 Å². The third-order valence-corrected chi connectivity index (χ3v) is 13.1. The molecule has 4 aromatic heterocycles. The van der Waals surface area contributed by atoms with Gasteiger partial charge in [0, 0.05) is 54.2 Å². The second-order valence-corrected chi connectivity index (χ2v) is 16.4. The SMILES string of the molecule is c1ccc(-c2nc3c4ccccc4c4ccccc4c3nc2-n2c3ccccc3c3c4c5ccccc5n(-c5cccc6c5oc5c(-c7ccccc7)cccc56)c4ccc32)cc1. The Kier molecular flexibility index (Phi) is 7.05. The number of hydrogen-bond donors (Lipinski definition) is 0. The lowest BCUT2D eigenvalue weighted by Gasteiger charge is -2.16. The number of fused-ring (bicyclic) bond motifs is 16. The first-order valence-corrected chi connectivity index (χ1v) is 21.4. The van der Waals surface area contributed by atoms with Gasteiger partial charge >= 0.3 is 0 Å². The highest BCUT2D eigenvalue weighted by Crippen LogP contribution is 2.46. The molecular weight excluding hydrogens is 769 g/mol. The van der Waals surface area contributed by atoms with Gasteiger partial charge in [-0.05, 0) is 46.7 Å². The highest BCUT2D eigenvalue weighted by atomic mass is 16.3. The van der Waals surface area contributed by atoms with Crippen LogP contribution in [0.2, 0.25) is 0 Å². The van der Waals surface area contributed by atoms with Crippen molar-refractivity contribution in [2.75, 3.05) is 0 Å². The van der Waals surface area contributed by atoms with Gasteiger partial charge in [0.2, 0.25) is 0 Å². The molecule has 63 heavy (non-hydrogen) atoms. The first-order chi connectivity index (χ1) is 31.3. The van der Waals surface area contributed by atoms with Crippen LogP contribution in [0.15, 0.2) is 211 Å². The summed E-state index contributed by atoms with van der Waals surface area (Å²) in [5.74, 6) is 0.796. The molecule has 5 heteroatoms. The molecule has 0 spiro atoms. The highest BCUT2D eigenvalue weighted by molar-refractivity contribution is 6.30. The van der Waals surface area contributed by atoms with Crippen molar-refractivity contribution in [1.29, 1.82) is 0 Å². The van der Waals surface area contributed by atoms with E-state index in [4.69, 9.17) is 14.4 Å². The van der Waals surface area contributed by atoms with Gasteiger partial charge in [0.05, 0.1) is 38.8 Å². The number of para-hydroxylation sites is 4. The van der Waals surface area contributed by atoms with E-state index in [1.165, 1.54) is 26.9 Å². The Morgan fingerprint density at radius 3 is 1.44 bits per heavy atom. The van der Waals surface area contributed by atoms with Crippen molar-refractivity contribution in [3.05, 3.63) is 206 Å². The Labute approximate surface area is 360 Å². The molecule has 0 N–H and O–H groups in total. The Morgan fingerprint density at radius 2 is 0.794 bits per heavy atom. The van der Waals surface area contributed by atoms with E-state index in [1.54, 1.807) is 0 Å². The lowest BCUT2D eigenvalue weighted by atomic mass is 9.99. The largest absolute Gasteiger partial charge is 0.453 e. The maximum Gasteiger partial charge on any atom is 0.165 e. The molecule has 0 radical (unpaired) electrons. The molecule has 5 nitrogen and oxygen atoms in total. The maximum atomic E-state index is 7.02. The van der Waals surface area contributed by atoms with Crippen LogP contribution in [0, 0.1) is 0 Å². The van der Waals surface area contributed by atoms with E-state index >= 15 is 0 Å². The van der Waals surface area contributed by atoms with Crippen molar-refractivity contribution in [3.63, 3.8) is 0 Å². The van der Waals surface area contributed by atoms with Crippen LogP contribution >= 0.6 is 0 Å². The molecular formula is C58H34N4O. The maximum absolute atomic E-state index is 7.02. The van der Waals surface area contributed by atoms with Gasteiger partial charge in [0.25, 0.3) is 0 Å². The molecule has 0 fully saturated rings. The zero-order chi connectivity index (χ0) is 41.2. The van der Waals surface area contributed by atoms with Gasteiger partial charge in [-0.2, -0.15) is 0 Å². The molecule has 0 atom stereocenters. The molecule has 0 unspecified atom stereocenters. The van der Waals surface area contributed by atoms with Crippen LogP contribution in [0.25, 0.3) is 132 Å². The van der Waals surface area contributed by atoms with E-state index in [9.17, 15) is 0 Å². The Balaban J connectivity index is 1.10. The molecule has 292 valence electrons. The first-order valence-electron chi connectivity index (χ1n) is 21.4. The van der Waals surface area contributed by atoms with E-state index in [0.29, 0.717) is 0 Å². The van der Waals surface area contributed by atoms with Gasteiger partial charge in [0.1, 0.15) is 11.3 Å². The van der Waals surface area contributed by atoms with E-state index in [1.807, 2.05) is 0 Å². The fraction of sp³-hybridized carbons (Fsp3) is 0. The molecule has 14 rings (SSSR count). The Morgan fingerprint density at radius 1 is 0.317 bits per heavy atom. The van der Waals surface area contributed by atoms with Crippen molar-refractivity contribution in [3.8, 4) is 33.9 Å². The summed E-state index contributed by atoms with van der Waals surface area (Å²) < 4.78 is 11.8. The van der Waals surface area contributed by atoms with E-state index < -0.39 is 0 Å². The van der Waals surface area contributed by atoms with Gasteiger partial charge in [-0.15, -0.1) is 0 Å². The van der Waals surface area contributed by atoms with Gasteiger partial charge in [-0.1, -0.05) is 176 Å². The number of hydrogen-bond acceptors (Lipinski definition) is 3. The van der Waals surface area contributed by atoms with Crippen molar-refractivity contribution >= 4 is 98.1 Å². The number of rotatable bonds is 4. The minimum Gasteiger partial charge on any atom is -0.453 e. The predicted molar refractivity (Wildman–Crippen MR) is 261 cm³/mol. The highest BCUT2D eigenvalue weighted by Gasteiger charge is 2.25. The summed E-state index contributed by atoms with van der Waals surface area (Å²) in [4.78, 5) is 11.4. The molecule has 0 aliphatic heterocycles. The molecule has 0 aliphatic rings. The van der Waals surface area contributed by atoms with Crippen LogP contribution in [-0.4, -0.2) is 19.1 Å². The monoisotopic (exact) mass is 802 g/mol. The van der Waals surface area contributed by atoms with Gasteiger partial charge in [0.15, 0.2) is 11.4 Å². The molecule has 0 aliphatic carbocycles. The Bertz CT molecular complexity index is 4200. The zero-order valence-electron chi connectivity index (χ0n) is 33.8. The van der Waals surface area contributed by atoms with Crippen molar-refractivity contribution < 1.29 is 4.42 Å². The van der Waals surface area contributed by atoms with Crippen LogP contribution in [0.3, 0.4) is 0 Å². The fourth-order valence-electron chi connectivity index (χ4n) is 10.4. The summed E-state index contributed by atoms with van der Waals surface area (Å²) >= 11 is 0. The van der Waals surface area contributed by atoms with Crippen molar-refractivity contribution in [2.24, 2.45) is 0 Å². The lowest BCUT2D eigenvalue weighted by molar-refractivity contribution is 0.667. The second-order valence-electron chi connectivity index (χ2n) is 16.4. The smallest absolute Gasteiger partial charge is 0.165 e. The van der Waals surface area contributed by atoms with E-state index in [2.05, 4.69) is 215 Å². The van der Waals surface area contributed by atoms with Crippen LogP contribution in [0.5, 0.6) is 0 Å². The molecule has 0 bridgehead atoms. The average molecular weight is 803 g/mol. The summed E-state index contributed by atoms with van der Waals surface area (Å²) in [6.45, 7) is 0. The number of aromatic nitrogens is 4. The number of nitrogens with zero attached hydrogens (tertiary/aromatic N) is 4. The topological polar surface area (TPSA) is 48.8 Å². The minimum atomic E-state index is 0.796. The molecule has 0 saturated carbocycles. The fourth-order valence-corrected chi connectivity index (χ4v) is 10.4. The third kappa shape index (κ3) is 4.76. The summed E-state index contributed by atoms with van der Waals surface area (Å²) in [7, 11) is 0. The zero-order valence-corrected chi connectivity index (χ0v) is 33.8. The van der Waals surface area contributed by atoms with Crippen molar-refractivity contribution in [2.45, 2.75) is 0 Å². The molecule has 0 amide bonds. The summed E-state index contributed by atoms with van der Waals surface area (Å²) in [5, 5.41) is 11.4. The summed E-state index contributed by atoms with van der Waals surface area (Å²) in [6.07, 6.45) is 0. The Hall–Kier alpha value is -8.54. The quantitative estimate of drug-likeness (QED) is 0.167.